The van der Waals surface area contributed by atoms with Crippen molar-refractivity contribution in [3.8, 4) is 6.07 Å². The minimum absolute atomic E-state index is 0.115. The molecule has 36 heavy (non-hydrogen) atoms. The van der Waals surface area contributed by atoms with E-state index in [1.807, 2.05) is 32.9 Å². The molecule has 0 bridgehead atoms. The van der Waals surface area contributed by atoms with E-state index >= 15 is 0 Å². The van der Waals surface area contributed by atoms with Crippen LogP contribution < -0.4 is 10.6 Å². The van der Waals surface area contributed by atoms with E-state index in [0.717, 1.165) is 5.56 Å². The molecule has 0 spiro atoms. The first-order valence-electron chi connectivity index (χ1n) is 11.2. The molecule has 3 aromatic rings. The van der Waals surface area contributed by atoms with Gasteiger partial charge in [0.15, 0.2) is 11.5 Å². The van der Waals surface area contributed by atoms with Crippen LogP contribution in [0.25, 0.3) is 0 Å². The largest absolute Gasteiger partial charge is 0.465 e. The highest BCUT2D eigenvalue weighted by Gasteiger charge is 2.33. The SMILES string of the molecule is CC(C)(C)C(Cc1cccc(NC(=O)Nc2cnc(C#N)cn2)c1)N(Cc1ccc(F)cc1)C(=O)O. The average molecular weight is 491 g/mol. The van der Waals surface area contributed by atoms with Crippen molar-refractivity contribution in [3.63, 3.8) is 0 Å². The van der Waals surface area contributed by atoms with E-state index < -0.39 is 23.6 Å². The molecule has 10 heteroatoms. The Kier molecular flexibility index (Phi) is 8.17. The molecule has 0 saturated heterocycles. The first kappa shape index (κ1) is 26.1. The molecule has 3 rings (SSSR count). The fourth-order valence-electron chi connectivity index (χ4n) is 3.71. The van der Waals surface area contributed by atoms with Crippen LogP contribution in [0.3, 0.4) is 0 Å². The van der Waals surface area contributed by atoms with Gasteiger partial charge in [-0.2, -0.15) is 5.26 Å². The maximum absolute atomic E-state index is 13.3. The van der Waals surface area contributed by atoms with E-state index in [0.29, 0.717) is 17.7 Å². The van der Waals surface area contributed by atoms with Gasteiger partial charge < -0.3 is 15.3 Å². The number of nitriles is 1. The van der Waals surface area contributed by atoms with Gasteiger partial charge in [-0.3, -0.25) is 5.32 Å². The lowest BCUT2D eigenvalue weighted by Crippen LogP contribution is -2.47. The van der Waals surface area contributed by atoms with Crippen LogP contribution in [-0.4, -0.2) is 38.1 Å². The first-order valence-corrected chi connectivity index (χ1v) is 11.2. The monoisotopic (exact) mass is 490 g/mol. The third-order valence-electron chi connectivity index (χ3n) is 5.51. The second-order valence-electron chi connectivity index (χ2n) is 9.30. The van der Waals surface area contributed by atoms with Crippen LogP contribution in [0.5, 0.6) is 0 Å². The molecule has 0 aliphatic rings. The molecule has 0 radical (unpaired) electrons. The zero-order valence-corrected chi connectivity index (χ0v) is 20.2. The standard InChI is InChI=1S/C26H27FN6O3/c1-26(2,3)22(33(25(35)36)16-17-7-9-19(27)10-8-17)12-18-5-4-6-20(11-18)31-24(34)32-23-15-29-21(13-28)14-30-23/h4-11,14-15,22H,12,16H2,1-3H3,(H,35,36)(H2,30,31,32,34). The second kappa shape index (κ2) is 11.3. The lowest BCUT2D eigenvalue weighted by molar-refractivity contribution is 0.0773. The van der Waals surface area contributed by atoms with Crippen LogP contribution in [0, 0.1) is 22.6 Å². The quantitative estimate of drug-likeness (QED) is 0.414. The normalized spacial score (nSPS) is 11.8. The molecule has 0 aliphatic heterocycles. The molecule has 2 aromatic carbocycles. The van der Waals surface area contributed by atoms with Crippen molar-refractivity contribution in [2.24, 2.45) is 5.41 Å². The maximum Gasteiger partial charge on any atom is 0.407 e. The number of hydrogen-bond donors (Lipinski definition) is 3. The summed E-state index contributed by atoms with van der Waals surface area (Å²) in [5.41, 5.74) is 1.76. The summed E-state index contributed by atoms with van der Waals surface area (Å²) >= 11 is 0. The predicted octanol–water partition coefficient (Wildman–Crippen LogP) is 5.27. The number of carbonyl (C=O) groups excluding carboxylic acids is 1. The highest BCUT2D eigenvalue weighted by molar-refractivity contribution is 5.99. The number of rotatable bonds is 7. The van der Waals surface area contributed by atoms with Gasteiger partial charge in [0.05, 0.1) is 12.4 Å². The summed E-state index contributed by atoms with van der Waals surface area (Å²) in [6.07, 6.45) is 1.86. The van der Waals surface area contributed by atoms with Crippen molar-refractivity contribution >= 4 is 23.6 Å². The Balaban J connectivity index is 1.75. The van der Waals surface area contributed by atoms with Crippen molar-refractivity contribution in [3.05, 3.63) is 83.6 Å². The number of benzene rings is 2. The molecular formula is C26H27FN6O3. The van der Waals surface area contributed by atoms with Gasteiger partial charge in [0.25, 0.3) is 0 Å². The summed E-state index contributed by atoms with van der Waals surface area (Å²) in [4.78, 5) is 33.8. The Morgan fingerprint density at radius 3 is 2.39 bits per heavy atom. The molecule has 3 N–H and O–H groups in total. The molecule has 1 atom stereocenters. The summed E-state index contributed by atoms with van der Waals surface area (Å²) in [5.74, 6) is -0.194. The Hall–Kier alpha value is -4.52. The molecule has 1 aromatic heterocycles. The smallest absolute Gasteiger partial charge is 0.407 e. The second-order valence-corrected chi connectivity index (χ2v) is 9.30. The minimum atomic E-state index is -1.07. The van der Waals surface area contributed by atoms with E-state index in [-0.39, 0.29) is 23.9 Å². The third-order valence-corrected chi connectivity index (χ3v) is 5.51. The van der Waals surface area contributed by atoms with Gasteiger partial charge >= 0.3 is 12.1 Å². The highest BCUT2D eigenvalue weighted by Crippen LogP contribution is 2.30. The van der Waals surface area contributed by atoms with Crippen molar-refractivity contribution in [1.82, 2.24) is 14.9 Å². The molecule has 0 saturated carbocycles. The fourth-order valence-corrected chi connectivity index (χ4v) is 3.71. The molecular weight excluding hydrogens is 463 g/mol. The van der Waals surface area contributed by atoms with Crippen LogP contribution in [0.15, 0.2) is 60.9 Å². The third kappa shape index (κ3) is 7.24. The molecule has 0 aliphatic carbocycles. The van der Waals surface area contributed by atoms with Crippen LogP contribution in [0.4, 0.5) is 25.5 Å². The van der Waals surface area contributed by atoms with Gasteiger partial charge in [-0.15, -0.1) is 0 Å². The summed E-state index contributed by atoms with van der Waals surface area (Å²) in [6.45, 7) is 6.01. The Morgan fingerprint density at radius 2 is 1.81 bits per heavy atom. The average Bonchev–Trinajstić information content (AvgIpc) is 2.82. The molecule has 0 fully saturated rings. The van der Waals surface area contributed by atoms with Gasteiger partial charge in [-0.25, -0.2) is 23.9 Å². The van der Waals surface area contributed by atoms with E-state index in [2.05, 4.69) is 20.6 Å². The lowest BCUT2D eigenvalue weighted by atomic mass is 9.81. The molecule has 3 amide bonds. The summed E-state index contributed by atoms with van der Waals surface area (Å²) < 4.78 is 13.3. The van der Waals surface area contributed by atoms with Crippen LogP contribution in [0.2, 0.25) is 0 Å². The van der Waals surface area contributed by atoms with Crippen LogP contribution in [0.1, 0.15) is 37.6 Å². The van der Waals surface area contributed by atoms with Gasteiger partial charge in [0, 0.05) is 18.3 Å². The van der Waals surface area contributed by atoms with Crippen molar-refractivity contribution < 1.29 is 19.1 Å². The van der Waals surface area contributed by atoms with E-state index in [1.54, 1.807) is 30.3 Å². The number of hydrogen-bond acceptors (Lipinski definition) is 5. The number of nitrogens with zero attached hydrogens (tertiary/aromatic N) is 4. The summed E-state index contributed by atoms with van der Waals surface area (Å²) in [6, 6.07) is 13.8. The van der Waals surface area contributed by atoms with Crippen LogP contribution in [-0.2, 0) is 13.0 Å². The van der Waals surface area contributed by atoms with E-state index in [1.165, 1.54) is 29.4 Å². The Labute approximate surface area is 208 Å². The Morgan fingerprint density at radius 1 is 1.08 bits per heavy atom. The van der Waals surface area contributed by atoms with E-state index in [4.69, 9.17) is 5.26 Å². The summed E-state index contributed by atoms with van der Waals surface area (Å²) in [5, 5.41) is 24.1. The summed E-state index contributed by atoms with van der Waals surface area (Å²) in [7, 11) is 0. The zero-order chi connectivity index (χ0) is 26.3. The maximum atomic E-state index is 13.3. The van der Waals surface area contributed by atoms with Gasteiger partial charge in [0.1, 0.15) is 11.9 Å². The van der Waals surface area contributed by atoms with Gasteiger partial charge in [0.2, 0.25) is 0 Å². The van der Waals surface area contributed by atoms with Gasteiger partial charge in [-0.1, -0.05) is 45.0 Å². The Bertz CT molecular complexity index is 1250. The molecule has 186 valence electrons. The molecule has 9 nitrogen and oxygen atoms in total. The van der Waals surface area contributed by atoms with E-state index in [9.17, 15) is 19.1 Å². The topological polar surface area (TPSA) is 131 Å². The predicted molar refractivity (Wildman–Crippen MR) is 133 cm³/mol. The van der Waals surface area contributed by atoms with Crippen molar-refractivity contribution in [2.75, 3.05) is 10.6 Å². The molecule has 1 unspecified atom stereocenters. The number of anilines is 2. The number of amides is 3. The minimum Gasteiger partial charge on any atom is -0.465 e. The first-order chi connectivity index (χ1) is 17.0. The number of aromatic nitrogens is 2. The van der Waals surface area contributed by atoms with Crippen molar-refractivity contribution in [2.45, 2.75) is 39.8 Å². The van der Waals surface area contributed by atoms with Crippen molar-refractivity contribution in [1.29, 1.82) is 5.26 Å². The molecule has 1 heterocycles. The number of halogens is 1. The number of nitrogens with one attached hydrogen (secondary N) is 2. The van der Waals surface area contributed by atoms with Gasteiger partial charge in [-0.05, 0) is 47.2 Å². The number of carboxylic acid groups (broad SMARTS) is 1. The van der Waals surface area contributed by atoms with Crippen LogP contribution >= 0.6 is 0 Å². The highest BCUT2D eigenvalue weighted by atomic mass is 19.1. The lowest BCUT2D eigenvalue weighted by Gasteiger charge is -2.39. The fraction of sp³-hybridized carbons (Fsp3) is 0.269. The zero-order valence-electron chi connectivity index (χ0n) is 20.2. The number of carbonyl (C=O) groups is 2. The number of urea groups is 1.